The number of aryl methyl sites for hydroxylation is 2. The monoisotopic (exact) mass is 399 g/mol. The zero-order valence-corrected chi connectivity index (χ0v) is 18.0. The number of carbonyl (C=O) groups is 1. The summed E-state index contributed by atoms with van der Waals surface area (Å²) in [5.74, 6) is 1.38. The van der Waals surface area contributed by atoms with Crippen LogP contribution in [0.5, 0.6) is 0 Å². The summed E-state index contributed by atoms with van der Waals surface area (Å²) in [6, 6.07) is 2.16. The standard InChI is InChI=1S/C21H29N5OS/c1-13-10-16-15(22-19(13)23-17(27)11-21(2,3)4)6-5-9-26(16)12-18-24-25-20(28-18)14-7-8-14/h10,14H,5-9,11-12H2,1-4H3,(H,22,23,27). The number of carbonyl (C=O) groups excluding carboxylic acids is 1. The molecule has 1 amide bonds. The number of anilines is 2. The summed E-state index contributed by atoms with van der Waals surface area (Å²) in [6.07, 6.45) is 5.00. The van der Waals surface area contributed by atoms with E-state index in [9.17, 15) is 4.79 Å². The Morgan fingerprint density at radius 2 is 2.11 bits per heavy atom. The SMILES string of the molecule is Cc1cc2c(nc1NC(=O)CC(C)(C)C)CCCN2Cc1nnc(C2CC2)s1. The Hall–Kier alpha value is -2.02. The quantitative estimate of drug-likeness (QED) is 0.804. The molecule has 2 aromatic rings. The number of hydrogen-bond donors (Lipinski definition) is 1. The van der Waals surface area contributed by atoms with Crippen molar-refractivity contribution in [1.29, 1.82) is 0 Å². The van der Waals surface area contributed by atoms with Crippen LogP contribution in [0.15, 0.2) is 6.07 Å². The Labute approximate surface area is 170 Å². The molecule has 2 aliphatic rings. The van der Waals surface area contributed by atoms with Crippen LogP contribution in [0.3, 0.4) is 0 Å². The first kappa shape index (κ1) is 19.3. The molecule has 3 heterocycles. The van der Waals surface area contributed by atoms with Gasteiger partial charge in [-0.15, -0.1) is 10.2 Å². The van der Waals surface area contributed by atoms with Gasteiger partial charge in [0.25, 0.3) is 0 Å². The lowest BCUT2D eigenvalue weighted by Crippen LogP contribution is -2.30. The fourth-order valence-corrected chi connectivity index (χ4v) is 4.62. The van der Waals surface area contributed by atoms with Gasteiger partial charge in [-0.2, -0.15) is 0 Å². The summed E-state index contributed by atoms with van der Waals surface area (Å²) < 4.78 is 0. The maximum Gasteiger partial charge on any atom is 0.226 e. The van der Waals surface area contributed by atoms with E-state index in [1.54, 1.807) is 11.3 Å². The van der Waals surface area contributed by atoms with Crippen molar-refractivity contribution in [2.75, 3.05) is 16.8 Å². The third kappa shape index (κ3) is 4.51. The van der Waals surface area contributed by atoms with E-state index in [0.717, 1.165) is 42.2 Å². The Morgan fingerprint density at radius 3 is 2.82 bits per heavy atom. The van der Waals surface area contributed by atoms with Crippen molar-refractivity contribution >= 4 is 28.7 Å². The summed E-state index contributed by atoms with van der Waals surface area (Å²) in [5, 5.41) is 14.1. The number of pyridine rings is 1. The van der Waals surface area contributed by atoms with Gasteiger partial charge in [0, 0.05) is 18.9 Å². The number of rotatable bonds is 5. The van der Waals surface area contributed by atoms with E-state index in [1.807, 2.05) is 6.92 Å². The highest BCUT2D eigenvalue weighted by Crippen LogP contribution is 2.41. The van der Waals surface area contributed by atoms with E-state index in [-0.39, 0.29) is 11.3 Å². The molecule has 1 aliphatic carbocycles. The summed E-state index contributed by atoms with van der Waals surface area (Å²) in [5.41, 5.74) is 3.20. The molecule has 0 saturated heterocycles. The molecule has 1 fully saturated rings. The molecule has 4 rings (SSSR count). The first-order valence-electron chi connectivity index (χ1n) is 10.2. The highest BCUT2D eigenvalue weighted by molar-refractivity contribution is 7.11. The van der Waals surface area contributed by atoms with Crippen LogP contribution < -0.4 is 10.2 Å². The maximum atomic E-state index is 12.3. The van der Waals surface area contributed by atoms with Crippen LogP contribution in [-0.2, 0) is 17.8 Å². The van der Waals surface area contributed by atoms with Crippen molar-refractivity contribution in [3.8, 4) is 0 Å². The van der Waals surface area contributed by atoms with Crippen LogP contribution in [0.4, 0.5) is 11.5 Å². The molecule has 0 aromatic carbocycles. The Morgan fingerprint density at radius 1 is 1.32 bits per heavy atom. The lowest BCUT2D eigenvalue weighted by atomic mass is 9.92. The Bertz CT molecular complexity index is 881. The van der Waals surface area contributed by atoms with E-state index >= 15 is 0 Å². The molecule has 0 spiro atoms. The number of nitrogens with one attached hydrogen (secondary N) is 1. The van der Waals surface area contributed by atoms with Crippen molar-refractivity contribution in [2.24, 2.45) is 5.41 Å². The second kappa shape index (κ2) is 7.43. The Kier molecular flexibility index (Phi) is 5.12. The van der Waals surface area contributed by atoms with E-state index in [4.69, 9.17) is 4.98 Å². The lowest BCUT2D eigenvalue weighted by Gasteiger charge is -2.30. The molecule has 150 valence electrons. The van der Waals surface area contributed by atoms with Crippen LogP contribution in [0.25, 0.3) is 0 Å². The van der Waals surface area contributed by atoms with Gasteiger partial charge < -0.3 is 10.2 Å². The zero-order chi connectivity index (χ0) is 19.9. The van der Waals surface area contributed by atoms with Crippen LogP contribution in [-0.4, -0.2) is 27.6 Å². The van der Waals surface area contributed by atoms with Gasteiger partial charge in [0.2, 0.25) is 5.91 Å². The highest BCUT2D eigenvalue weighted by Gasteiger charge is 2.28. The van der Waals surface area contributed by atoms with Crippen LogP contribution >= 0.6 is 11.3 Å². The molecule has 1 N–H and O–H groups in total. The third-order valence-electron chi connectivity index (χ3n) is 5.14. The normalized spacial score (nSPS) is 16.8. The summed E-state index contributed by atoms with van der Waals surface area (Å²) in [6.45, 7) is 10.0. The molecule has 0 radical (unpaired) electrons. The molecule has 0 unspecified atom stereocenters. The van der Waals surface area contributed by atoms with Gasteiger partial charge in [0.15, 0.2) is 0 Å². The highest BCUT2D eigenvalue weighted by atomic mass is 32.1. The van der Waals surface area contributed by atoms with E-state index in [1.165, 1.54) is 23.5 Å². The number of aromatic nitrogens is 3. The number of fused-ring (bicyclic) bond motifs is 1. The summed E-state index contributed by atoms with van der Waals surface area (Å²) in [7, 11) is 0. The predicted octanol–water partition coefficient (Wildman–Crippen LogP) is 4.45. The summed E-state index contributed by atoms with van der Waals surface area (Å²) >= 11 is 1.75. The molecule has 0 bridgehead atoms. The fraction of sp³-hybridized carbons (Fsp3) is 0.619. The van der Waals surface area contributed by atoms with Gasteiger partial charge in [0.05, 0.1) is 17.9 Å². The molecular formula is C21H29N5OS. The molecule has 1 aliphatic heterocycles. The first-order valence-corrected chi connectivity index (χ1v) is 11.0. The third-order valence-corrected chi connectivity index (χ3v) is 6.21. The van der Waals surface area contributed by atoms with Gasteiger partial charge in [0.1, 0.15) is 15.8 Å². The van der Waals surface area contributed by atoms with Crippen molar-refractivity contribution in [1.82, 2.24) is 15.2 Å². The minimum absolute atomic E-state index is 0.0252. The van der Waals surface area contributed by atoms with E-state index in [0.29, 0.717) is 18.2 Å². The van der Waals surface area contributed by atoms with Gasteiger partial charge >= 0.3 is 0 Å². The molecule has 6 nitrogen and oxygen atoms in total. The number of amides is 1. The zero-order valence-electron chi connectivity index (χ0n) is 17.2. The molecule has 0 atom stereocenters. The van der Waals surface area contributed by atoms with Gasteiger partial charge in [-0.25, -0.2) is 4.98 Å². The van der Waals surface area contributed by atoms with E-state index < -0.39 is 0 Å². The second-order valence-corrected chi connectivity index (χ2v) is 10.3. The first-order chi connectivity index (χ1) is 13.3. The number of nitrogens with zero attached hydrogens (tertiary/aromatic N) is 4. The average molecular weight is 400 g/mol. The number of hydrogen-bond acceptors (Lipinski definition) is 6. The second-order valence-electron chi connectivity index (χ2n) is 9.24. The molecule has 1 saturated carbocycles. The minimum atomic E-state index is -0.0376. The van der Waals surface area contributed by atoms with E-state index in [2.05, 4.69) is 47.3 Å². The van der Waals surface area contributed by atoms with Crippen molar-refractivity contribution in [3.63, 3.8) is 0 Å². The fourth-order valence-electron chi connectivity index (χ4n) is 3.59. The summed E-state index contributed by atoms with van der Waals surface area (Å²) in [4.78, 5) is 19.5. The molecule has 2 aromatic heterocycles. The largest absolute Gasteiger partial charge is 0.363 e. The van der Waals surface area contributed by atoms with Crippen molar-refractivity contribution in [3.05, 3.63) is 27.3 Å². The average Bonchev–Trinajstić information content (AvgIpc) is 3.34. The maximum absolute atomic E-state index is 12.3. The van der Waals surface area contributed by atoms with Crippen molar-refractivity contribution in [2.45, 2.75) is 72.3 Å². The van der Waals surface area contributed by atoms with Crippen molar-refractivity contribution < 1.29 is 4.79 Å². The Balaban J connectivity index is 1.50. The molecule has 28 heavy (non-hydrogen) atoms. The smallest absolute Gasteiger partial charge is 0.226 e. The van der Waals surface area contributed by atoms with Gasteiger partial charge in [-0.05, 0) is 49.7 Å². The van der Waals surface area contributed by atoms with Gasteiger partial charge in [-0.3, -0.25) is 4.79 Å². The molecule has 7 heteroatoms. The predicted molar refractivity (Wildman–Crippen MR) is 113 cm³/mol. The lowest BCUT2D eigenvalue weighted by molar-refractivity contribution is -0.117. The molecular weight excluding hydrogens is 370 g/mol. The van der Waals surface area contributed by atoms with Crippen LogP contribution in [0, 0.1) is 12.3 Å². The minimum Gasteiger partial charge on any atom is -0.363 e. The topological polar surface area (TPSA) is 71.0 Å². The van der Waals surface area contributed by atoms with Gasteiger partial charge in [-0.1, -0.05) is 32.1 Å². The van der Waals surface area contributed by atoms with Crippen LogP contribution in [0.2, 0.25) is 0 Å². The van der Waals surface area contributed by atoms with Crippen LogP contribution in [0.1, 0.15) is 73.6 Å².